The number of nitrogens with zero attached hydrogens (tertiary/aromatic N) is 1. The summed E-state index contributed by atoms with van der Waals surface area (Å²) in [5.74, 6) is 1.32. The van der Waals surface area contributed by atoms with Crippen molar-refractivity contribution in [3.05, 3.63) is 0 Å². The molecule has 0 spiro atoms. The zero-order valence-corrected chi connectivity index (χ0v) is 11.7. The quantitative estimate of drug-likeness (QED) is 0.817. The monoisotopic (exact) mass is 249 g/mol. The van der Waals surface area contributed by atoms with E-state index in [9.17, 15) is 10.4 Å². The minimum absolute atomic E-state index is 0.387. The van der Waals surface area contributed by atoms with E-state index in [0.717, 1.165) is 32.1 Å². The van der Waals surface area contributed by atoms with E-state index in [1.807, 2.05) is 0 Å². The summed E-state index contributed by atoms with van der Waals surface area (Å²) >= 11 is 0. The van der Waals surface area contributed by atoms with E-state index >= 15 is 0 Å². The van der Waals surface area contributed by atoms with Gasteiger partial charge in [-0.15, -0.1) is 0 Å². The molecule has 1 N–H and O–H groups in total. The van der Waals surface area contributed by atoms with Crippen molar-refractivity contribution in [1.29, 1.82) is 5.26 Å². The Kier molecular flexibility index (Phi) is 4.67. The lowest BCUT2D eigenvalue weighted by Gasteiger charge is -2.32. The van der Waals surface area contributed by atoms with Crippen LogP contribution in [0.5, 0.6) is 0 Å². The summed E-state index contributed by atoms with van der Waals surface area (Å²) in [6.07, 6.45) is 11.1. The van der Waals surface area contributed by atoms with Gasteiger partial charge >= 0.3 is 0 Å². The largest absolute Gasteiger partial charge is 0.391 e. The SMILES string of the molecule is CCC1CCC(C#N)(C(O)CC2CCCCC2)C1. The van der Waals surface area contributed by atoms with Gasteiger partial charge in [0, 0.05) is 0 Å². The molecule has 0 aromatic carbocycles. The third-order valence-corrected chi connectivity index (χ3v) is 5.37. The Morgan fingerprint density at radius 1 is 1.22 bits per heavy atom. The van der Waals surface area contributed by atoms with E-state index < -0.39 is 5.41 Å². The summed E-state index contributed by atoms with van der Waals surface area (Å²) in [6.45, 7) is 2.20. The number of hydrogen-bond donors (Lipinski definition) is 1. The van der Waals surface area contributed by atoms with Crippen LogP contribution in [0.4, 0.5) is 0 Å². The summed E-state index contributed by atoms with van der Waals surface area (Å²) in [6, 6.07) is 2.48. The van der Waals surface area contributed by atoms with Gasteiger partial charge in [0.2, 0.25) is 0 Å². The molecule has 0 aromatic heterocycles. The predicted molar refractivity (Wildman–Crippen MR) is 72.9 cm³/mol. The van der Waals surface area contributed by atoms with Crippen LogP contribution in [0, 0.1) is 28.6 Å². The molecule has 0 aromatic rings. The van der Waals surface area contributed by atoms with Crippen LogP contribution >= 0.6 is 0 Å². The highest BCUT2D eigenvalue weighted by Gasteiger charge is 2.45. The van der Waals surface area contributed by atoms with Gasteiger partial charge < -0.3 is 5.11 Å². The summed E-state index contributed by atoms with van der Waals surface area (Å²) in [4.78, 5) is 0. The first-order valence-electron chi connectivity index (χ1n) is 7.79. The zero-order chi connectivity index (χ0) is 13.0. The van der Waals surface area contributed by atoms with Crippen LogP contribution in [0.2, 0.25) is 0 Å². The van der Waals surface area contributed by atoms with Crippen molar-refractivity contribution in [3.8, 4) is 6.07 Å². The number of nitriles is 1. The Morgan fingerprint density at radius 2 is 1.94 bits per heavy atom. The van der Waals surface area contributed by atoms with Crippen molar-refractivity contribution in [1.82, 2.24) is 0 Å². The maximum absolute atomic E-state index is 10.5. The number of aliphatic hydroxyl groups is 1. The van der Waals surface area contributed by atoms with Crippen LogP contribution in [0.1, 0.15) is 71.1 Å². The lowest BCUT2D eigenvalue weighted by molar-refractivity contribution is 0.0373. The molecule has 2 fully saturated rings. The minimum Gasteiger partial charge on any atom is -0.391 e. The number of hydrogen-bond acceptors (Lipinski definition) is 2. The van der Waals surface area contributed by atoms with E-state index in [0.29, 0.717) is 11.8 Å². The summed E-state index contributed by atoms with van der Waals surface area (Å²) < 4.78 is 0. The standard InChI is InChI=1S/C16H27NO/c1-2-13-8-9-16(11-13,12-17)15(18)10-14-6-4-3-5-7-14/h13-15,18H,2-11H2,1H3. The highest BCUT2D eigenvalue weighted by molar-refractivity contribution is 5.08. The molecule has 2 nitrogen and oxygen atoms in total. The van der Waals surface area contributed by atoms with Gasteiger partial charge in [-0.2, -0.15) is 5.26 Å². The van der Waals surface area contributed by atoms with Crippen molar-refractivity contribution in [2.75, 3.05) is 0 Å². The Balaban J connectivity index is 1.93. The van der Waals surface area contributed by atoms with Gasteiger partial charge in [0.1, 0.15) is 0 Å². The molecule has 2 heteroatoms. The van der Waals surface area contributed by atoms with E-state index in [4.69, 9.17) is 0 Å². The van der Waals surface area contributed by atoms with Crippen LogP contribution in [-0.4, -0.2) is 11.2 Å². The lowest BCUT2D eigenvalue weighted by Crippen LogP contribution is -2.33. The van der Waals surface area contributed by atoms with Crippen LogP contribution in [-0.2, 0) is 0 Å². The molecule has 3 unspecified atom stereocenters. The Morgan fingerprint density at radius 3 is 2.50 bits per heavy atom. The molecule has 18 heavy (non-hydrogen) atoms. The Hall–Kier alpha value is -0.550. The molecule has 0 bridgehead atoms. The van der Waals surface area contributed by atoms with Gasteiger partial charge in [0.15, 0.2) is 0 Å². The van der Waals surface area contributed by atoms with Gasteiger partial charge in [-0.05, 0) is 37.5 Å². The lowest BCUT2D eigenvalue weighted by atomic mass is 9.74. The summed E-state index contributed by atoms with van der Waals surface area (Å²) in [5, 5.41) is 20.1. The van der Waals surface area contributed by atoms with Crippen LogP contribution in [0.25, 0.3) is 0 Å². The predicted octanol–water partition coefficient (Wildman–Crippen LogP) is 4.04. The van der Waals surface area contributed by atoms with Gasteiger partial charge in [0.25, 0.3) is 0 Å². The molecule has 0 heterocycles. The molecule has 0 radical (unpaired) electrons. The molecule has 2 saturated carbocycles. The summed E-state index contributed by atoms with van der Waals surface area (Å²) in [7, 11) is 0. The maximum atomic E-state index is 10.5. The normalized spacial score (nSPS) is 35.3. The Bertz CT molecular complexity index is 303. The number of aliphatic hydroxyl groups excluding tert-OH is 1. The first kappa shape index (κ1) is 13.9. The second-order valence-electron chi connectivity index (χ2n) is 6.54. The van der Waals surface area contributed by atoms with E-state index in [2.05, 4.69) is 13.0 Å². The third-order valence-electron chi connectivity index (χ3n) is 5.37. The number of rotatable bonds is 4. The molecule has 2 aliphatic rings. The van der Waals surface area contributed by atoms with Crippen molar-refractivity contribution in [3.63, 3.8) is 0 Å². The average Bonchev–Trinajstić information content (AvgIpc) is 2.85. The maximum Gasteiger partial charge on any atom is 0.0835 e. The molecule has 0 saturated heterocycles. The van der Waals surface area contributed by atoms with E-state index in [1.54, 1.807) is 0 Å². The second kappa shape index (κ2) is 6.06. The smallest absolute Gasteiger partial charge is 0.0835 e. The van der Waals surface area contributed by atoms with Crippen molar-refractivity contribution in [2.24, 2.45) is 17.3 Å². The van der Waals surface area contributed by atoms with Crippen molar-refractivity contribution >= 4 is 0 Å². The van der Waals surface area contributed by atoms with Crippen LogP contribution < -0.4 is 0 Å². The van der Waals surface area contributed by atoms with E-state index in [1.165, 1.54) is 32.1 Å². The molecular weight excluding hydrogens is 222 g/mol. The Labute approximate surface area is 111 Å². The fourth-order valence-electron chi connectivity index (χ4n) is 3.97. The molecule has 102 valence electrons. The first-order chi connectivity index (χ1) is 8.70. The molecule has 0 amide bonds. The van der Waals surface area contributed by atoms with Gasteiger partial charge in [0.05, 0.1) is 17.6 Å². The topological polar surface area (TPSA) is 44.0 Å². The molecule has 3 atom stereocenters. The highest BCUT2D eigenvalue weighted by atomic mass is 16.3. The first-order valence-corrected chi connectivity index (χ1v) is 7.79. The van der Waals surface area contributed by atoms with Crippen molar-refractivity contribution < 1.29 is 5.11 Å². The molecular formula is C16H27NO. The fraction of sp³-hybridized carbons (Fsp3) is 0.938. The molecule has 2 aliphatic carbocycles. The second-order valence-corrected chi connectivity index (χ2v) is 6.54. The fourth-order valence-corrected chi connectivity index (χ4v) is 3.97. The molecule has 2 rings (SSSR count). The van der Waals surface area contributed by atoms with E-state index in [-0.39, 0.29) is 6.10 Å². The van der Waals surface area contributed by atoms with Gasteiger partial charge in [-0.1, -0.05) is 45.4 Å². The van der Waals surface area contributed by atoms with Crippen LogP contribution in [0.15, 0.2) is 0 Å². The van der Waals surface area contributed by atoms with Gasteiger partial charge in [-0.25, -0.2) is 0 Å². The zero-order valence-electron chi connectivity index (χ0n) is 11.7. The molecule has 0 aliphatic heterocycles. The van der Waals surface area contributed by atoms with Gasteiger partial charge in [-0.3, -0.25) is 0 Å². The minimum atomic E-state index is -0.419. The van der Waals surface area contributed by atoms with Crippen molar-refractivity contribution in [2.45, 2.75) is 77.2 Å². The van der Waals surface area contributed by atoms with Crippen LogP contribution in [0.3, 0.4) is 0 Å². The third kappa shape index (κ3) is 2.88. The average molecular weight is 249 g/mol. The highest BCUT2D eigenvalue weighted by Crippen LogP contribution is 2.47. The summed E-state index contributed by atoms with van der Waals surface area (Å²) in [5.41, 5.74) is -0.419.